The Kier molecular flexibility index (Phi) is 5.14. The van der Waals surface area contributed by atoms with Crippen LogP contribution in [0.4, 0.5) is 0 Å². The first-order valence-corrected chi connectivity index (χ1v) is 9.37. The number of nitrogens with zero attached hydrogens (tertiary/aromatic N) is 1. The molecule has 1 fully saturated rings. The Bertz CT molecular complexity index is 996. The van der Waals surface area contributed by atoms with Crippen LogP contribution in [0.1, 0.15) is 62.2 Å². The minimum Gasteiger partial charge on any atom is -0.478 e. The lowest BCUT2D eigenvalue weighted by atomic mass is 9.83. The number of carbonyl (C=O) groups is 2. The van der Waals surface area contributed by atoms with Crippen LogP contribution in [0, 0.1) is 5.92 Å². The lowest BCUT2D eigenvalue weighted by Gasteiger charge is -2.20. The zero-order valence-electron chi connectivity index (χ0n) is 15.6. The predicted octanol–water partition coefficient (Wildman–Crippen LogP) is 3.25. The molecule has 4 N–H and O–H groups in total. The molecule has 1 aliphatic heterocycles. The molecule has 0 saturated carbocycles. The molecular formula is C22H20N3O4. The maximum absolute atomic E-state index is 11.9. The Morgan fingerprint density at radius 2 is 1.45 bits per heavy atom. The molecule has 147 valence electrons. The highest BCUT2D eigenvalue weighted by Gasteiger charge is 2.29. The van der Waals surface area contributed by atoms with E-state index in [-0.39, 0.29) is 17.2 Å². The highest BCUT2D eigenvalue weighted by atomic mass is 16.4. The van der Waals surface area contributed by atoms with Gasteiger partial charge in [0, 0.05) is 6.20 Å². The molecule has 1 unspecified atom stereocenters. The molecule has 1 atom stereocenters. The summed E-state index contributed by atoms with van der Waals surface area (Å²) in [5.74, 6) is -0.903. The molecule has 1 aromatic heterocycles. The Hall–Kier alpha value is -3.45. The highest BCUT2D eigenvalue weighted by molar-refractivity contribution is 5.94. The van der Waals surface area contributed by atoms with E-state index in [0.29, 0.717) is 22.7 Å². The Morgan fingerprint density at radius 3 is 1.93 bits per heavy atom. The minimum absolute atomic E-state index is 0.0952. The molecule has 7 heteroatoms. The first-order valence-electron chi connectivity index (χ1n) is 9.37. The van der Waals surface area contributed by atoms with Crippen LogP contribution in [0.25, 0.3) is 0 Å². The second-order valence-corrected chi connectivity index (χ2v) is 6.91. The van der Waals surface area contributed by atoms with Gasteiger partial charge in [-0.2, -0.15) is 0 Å². The fourth-order valence-electron chi connectivity index (χ4n) is 3.77. The van der Waals surface area contributed by atoms with Crippen LogP contribution >= 0.6 is 0 Å². The summed E-state index contributed by atoms with van der Waals surface area (Å²) in [5, 5.41) is 22.8. The molecule has 29 heavy (non-hydrogen) atoms. The highest BCUT2D eigenvalue weighted by Crippen LogP contribution is 2.35. The average Bonchev–Trinajstić information content (AvgIpc) is 3.41. The number of imidazole rings is 1. The van der Waals surface area contributed by atoms with Crippen molar-refractivity contribution < 1.29 is 19.8 Å². The van der Waals surface area contributed by atoms with E-state index >= 15 is 0 Å². The van der Waals surface area contributed by atoms with Crippen molar-refractivity contribution in [2.45, 2.75) is 18.9 Å². The summed E-state index contributed by atoms with van der Waals surface area (Å²) in [6.45, 7) is 0.918. The fourth-order valence-corrected chi connectivity index (χ4v) is 3.77. The van der Waals surface area contributed by atoms with Gasteiger partial charge in [0.15, 0.2) is 0 Å². The molecule has 1 saturated heterocycles. The SMILES string of the molecule is O=C(O)c1ccccc1[C](c1cnc(C2CCCN2)[nH]1)c1ccccc1C(=O)O. The van der Waals surface area contributed by atoms with E-state index in [1.54, 1.807) is 42.6 Å². The molecule has 0 aliphatic carbocycles. The second kappa shape index (κ2) is 7.89. The molecule has 1 radical (unpaired) electrons. The average molecular weight is 390 g/mol. The van der Waals surface area contributed by atoms with Crippen molar-refractivity contribution in [3.05, 3.63) is 94.4 Å². The minimum atomic E-state index is -1.08. The number of benzene rings is 2. The van der Waals surface area contributed by atoms with Crippen molar-refractivity contribution in [3.63, 3.8) is 0 Å². The van der Waals surface area contributed by atoms with Gasteiger partial charge in [0.05, 0.1) is 28.8 Å². The van der Waals surface area contributed by atoms with Crippen molar-refractivity contribution in [2.24, 2.45) is 0 Å². The first kappa shape index (κ1) is 18.9. The maximum atomic E-state index is 11.9. The van der Waals surface area contributed by atoms with E-state index in [4.69, 9.17) is 0 Å². The molecule has 1 aliphatic rings. The number of carboxylic acid groups (broad SMARTS) is 2. The Balaban J connectivity index is 1.90. The van der Waals surface area contributed by atoms with E-state index < -0.39 is 11.9 Å². The van der Waals surface area contributed by atoms with Crippen LogP contribution in [0.5, 0.6) is 0 Å². The number of aromatic amines is 1. The zero-order chi connectivity index (χ0) is 20.4. The zero-order valence-corrected chi connectivity index (χ0v) is 15.6. The van der Waals surface area contributed by atoms with Crippen LogP contribution < -0.4 is 5.32 Å². The summed E-state index contributed by atoms with van der Waals surface area (Å²) in [6, 6.07) is 13.3. The summed E-state index contributed by atoms with van der Waals surface area (Å²) in [5.41, 5.74) is 1.64. The van der Waals surface area contributed by atoms with Crippen LogP contribution in [0.3, 0.4) is 0 Å². The van der Waals surface area contributed by atoms with E-state index in [1.807, 2.05) is 0 Å². The summed E-state index contributed by atoms with van der Waals surface area (Å²) in [7, 11) is 0. The largest absolute Gasteiger partial charge is 0.478 e. The van der Waals surface area contributed by atoms with Gasteiger partial charge in [-0.05, 0) is 42.6 Å². The van der Waals surface area contributed by atoms with E-state index in [2.05, 4.69) is 15.3 Å². The van der Waals surface area contributed by atoms with Gasteiger partial charge >= 0.3 is 11.9 Å². The normalized spacial score (nSPS) is 16.2. The maximum Gasteiger partial charge on any atom is 0.336 e. The number of aromatic nitrogens is 2. The molecule has 0 spiro atoms. The van der Waals surface area contributed by atoms with E-state index in [1.165, 1.54) is 12.1 Å². The van der Waals surface area contributed by atoms with Gasteiger partial charge < -0.3 is 20.5 Å². The number of H-pyrrole nitrogens is 1. The van der Waals surface area contributed by atoms with Crippen LogP contribution in [0.15, 0.2) is 54.7 Å². The van der Waals surface area contributed by atoms with Crippen molar-refractivity contribution in [2.75, 3.05) is 6.54 Å². The molecule has 7 nitrogen and oxygen atoms in total. The van der Waals surface area contributed by atoms with Crippen molar-refractivity contribution in [1.29, 1.82) is 0 Å². The first-order chi connectivity index (χ1) is 14.1. The van der Waals surface area contributed by atoms with E-state index in [9.17, 15) is 19.8 Å². The van der Waals surface area contributed by atoms with Gasteiger partial charge in [0.2, 0.25) is 0 Å². The van der Waals surface area contributed by atoms with Gasteiger partial charge in [-0.15, -0.1) is 0 Å². The lowest BCUT2D eigenvalue weighted by Crippen LogP contribution is -2.16. The van der Waals surface area contributed by atoms with Gasteiger partial charge in [-0.1, -0.05) is 36.4 Å². The molecule has 0 bridgehead atoms. The summed E-state index contributed by atoms with van der Waals surface area (Å²) >= 11 is 0. The van der Waals surface area contributed by atoms with E-state index in [0.717, 1.165) is 25.2 Å². The summed E-state index contributed by atoms with van der Waals surface area (Å²) in [6.07, 6.45) is 3.66. The summed E-state index contributed by atoms with van der Waals surface area (Å²) in [4.78, 5) is 31.5. The topological polar surface area (TPSA) is 115 Å². The standard InChI is InChI=1S/C22H20N3O4/c26-21(27)15-8-3-1-6-13(15)19(14-7-2-4-9-16(14)22(28)29)18-12-24-20(25-18)17-10-5-11-23-17/h1-4,6-9,12,17,23H,5,10-11H2,(H,24,25)(H,26,27)(H,28,29). The predicted molar refractivity (Wildman–Crippen MR) is 106 cm³/mol. The Morgan fingerprint density at radius 1 is 0.897 bits per heavy atom. The summed E-state index contributed by atoms with van der Waals surface area (Å²) < 4.78 is 0. The molecule has 2 aromatic carbocycles. The third kappa shape index (κ3) is 3.64. The molecular weight excluding hydrogens is 370 g/mol. The molecule has 0 amide bonds. The quantitative estimate of drug-likeness (QED) is 0.514. The van der Waals surface area contributed by atoms with Gasteiger partial charge in [0.1, 0.15) is 5.82 Å². The monoisotopic (exact) mass is 390 g/mol. The van der Waals surface area contributed by atoms with Crippen molar-refractivity contribution >= 4 is 11.9 Å². The number of hydrogen-bond acceptors (Lipinski definition) is 4. The van der Waals surface area contributed by atoms with Gasteiger partial charge in [0.25, 0.3) is 0 Å². The lowest BCUT2D eigenvalue weighted by molar-refractivity contribution is 0.0686. The van der Waals surface area contributed by atoms with Gasteiger partial charge in [-0.3, -0.25) is 0 Å². The molecule has 2 heterocycles. The molecule has 4 rings (SSSR count). The van der Waals surface area contributed by atoms with Crippen LogP contribution in [-0.4, -0.2) is 38.7 Å². The number of aromatic carboxylic acids is 2. The van der Waals surface area contributed by atoms with Crippen LogP contribution in [0.2, 0.25) is 0 Å². The van der Waals surface area contributed by atoms with Gasteiger partial charge in [-0.25, -0.2) is 14.6 Å². The fraction of sp³-hybridized carbons (Fsp3) is 0.182. The second-order valence-electron chi connectivity index (χ2n) is 6.91. The van der Waals surface area contributed by atoms with Crippen molar-refractivity contribution in [3.8, 4) is 0 Å². The van der Waals surface area contributed by atoms with Crippen molar-refractivity contribution in [1.82, 2.24) is 15.3 Å². The molecule has 3 aromatic rings. The number of nitrogens with one attached hydrogen (secondary N) is 2. The smallest absolute Gasteiger partial charge is 0.336 e. The Labute approximate surface area is 167 Å². The third-order valence-electron chi connectivity index (χ3n) is 5.11. The number of carboxylic acids is 2. The number of rotatable bonds is 6. The number of hydrogen-bond donors (Lipinski definition) is 4. The van der Waals surface area contributed by atoms with Crippen LogP contribution in [-0.2, 0) is 0 Å². The third-order valence-corrected chi connectivity index (χ3v) is 5.11.